The Kier molecular flexibility index (Phi) is 7.01. The van der Waals surface area contributed by atoms with Crippen LogP contribution in [0.25, 0.3) is 16.6 Å². The Morgan fingerprint density at radius 1 is 1.06 bits per heavy atom. The summed E-state index contributed by atoms with van der Waals surface area (Å²) >= 11 is 19.4. The van der Waals surface area contributed by atoms with Crippen molar-refractivity contribution in [2.45, 2.75) is 4.21 Å². The fourth-order valence-corrected chi connectivity index (χ4v) is 5.75. The van der Waals surface area contributed by atoms with Gasteiger partial charge in [0.1, 0.15) is 4.21 Å². The van der Waals surface area contributed by atoms with Crippen LogP contribution in [0.3, 0.4) is 0 Å². The molecule has 2 aromatic carbocycles. The molecule has 2 amide bonds. The van der Waals surface area contributed by atoms with E-state index < -0.39 is 28.3 Å². The zero-order chi connectivity index (χ0) is 24.6. The molecule has 4 N–H and O–H groups in total. The number of aromatic amines is 1. The SMILES string of the molecule is CNc1cc2[nH]c(=O)n(-c3ccc(NC(=O)NS(=O)c4ccc(Cl)s4)cc3Cl)c(=O)c2cc1Cl. The highest BCUT2D eigenvalue weighted by molar-refractivity contribution is 7.86. The molecule has 2 aromatic heterocycles. The maximum absolute atomic E-state index is 13.1. The van der Waals surface area contributed by atoms with Gasteiger partial charge in [-0.25, -0.2) is 18.4 Å². The average Bonchev–Trinajstić information content (AvgIpc) is 3.22. The first-order valence-electron chi connectivity index (χ1n) is 9.39. The van der Waals surface area contributed by atoms with Gasteiger partial charge < -0.3 is 15.6 Å². The van der Waals surface area contributed by atoms with Crippen molar-refractivity contribution >= 4 is 85.4 Å². The van der Waals surface area contributed by atoms with Crippen LogP contribution in [0.1, 0.15) is 0 Å². The van der Waals surface area contributed by atoms with Crippen molar-refractivity contribution in [3.63, 3.8) is 0 Å². The molecule has 9 nitrogen and oxygen atoms in total. The number of hydrogen-bond donors (Lipinski definition) is 4. The molecule has 176 valence electrons. The van der Waals surface area contributed by atoms with Crippen LogP contribution >= 0.6 is 46.1 Å². The van der Waals surface area contributed by atoms with Gasteiger partial charge >= 0.3 is 11.7 Å². The summed E-state index contributed by atoms with van der Waals surface area (Å²) in [7, 11) is -0.133. The second-order valence-corrected chi connectivity index (χ2v) is 10.7. The van der Waals surface area contributed by atoms with Crippen molar-refractivity contribution in [3.8, 4) is 5.69 Å². The van der Waals surface area contributed by atoms with E-state index in [1.165, 1.54) is 24.3 Å². The number of nitrogens with zero attached hydrogens (tertiary/aromatic N) is 1. The molecule has 14 heteroatoms. The van der Waals surface area contributed by atoms with E-state index >= 15 is 0 Å². The maximum atomic E-state index is 13.1. The number of rotatable bonds is 5. The summed E-state index contributed by atoms with van der Waals surface area (Å²) in [6, 6.07) is 9.58. The molecule has 0 aliphatic heterocycles. The van der Waals surface area contributed by atoms with Gasteiger partial charge in [-0.15, -0.1) is 11.3 Å². The van der Waals surface area contributed by atoms with E-state index in [0.29, 0.717) is 24.8 Å². The lowest BCUT2D eigenvalue weighted by molar-refractivity contribution is 0.257. The molecule has 34 heavy (non-hydrogen) atoms. The lowest BCUT2D eigenvalue weighted by Crippen LogP contribution is -2.34. The number of thiophene rings is 1. The standard InChI is InChI=1S/C20H14Cl3N5O4S2/c1-24-14-8-13-10(7-11(14)21)18(29)28(20(31)26-13)15-3-2-9(6-12(15)22)25-19(30)27-34(32)17-5-4-16(23)33-17/h2-8,24H,1H3,(H,26,31)(H2,25,27,30). The summed E-state index contributed by atoms with van der Waals surface area (Å²) in [4.78, 5) is 40.6. The lowest BCUT2D eigenvalue weighted by atomic mass is 10.2. The van der Waals surface area contributed by atoms with Crippen LogP contribution in [0.4, 0.5) is 16.2 Å². The minimum atomic E-state index is -1.80. The highest BCUT2D eigenvalue weighted by Crippen LogP contribution is 2.27. The fourth-order valence-electron chi connectivity index (χ4n) is 3.10. The predicted octanol–water partition coefficient (Wildman–Crippen LogP) is 4.59. The third-order valence-electron chi connectivity index (χ3n) is 4.62. The monoisotopic (exact) mass is 557 g/mol. The quantitative estimate of drug-likeness (QED) is 0.285. The van der Waals surface area contributed by atoms with Crippen molar-refractivity contribution in [2.24, 2.45) is 0 Å². The molecule has 0 radical (unpaired) electrons. The molecule has 0 saturated heterocycles. The molecular weight excluding hydrogens is 545 g/mol. The number of carbonyl (C=O) groups is 1. The largest absolute Gasteiger partial charge is 0.387 e. The van der Waals surface area contributed by atoms with E-state index in [4.69, 9.17) is 34.8 Å². The van der Waals surface area contributed by atoms with Crippen LogP contribution < -0.4 is 26.6 Å². The zero-order valence-corrected chi connectivity index (χ0v) is 21.0. The predicted molar refractivity (Wildman–Crippen MR) is 138 cm³/mol. The number of benzene rings is 2. The highest BCUT2D eigenvalue weighted by atomic mass is 35.5. The molecule has 4 rings (SSSR count). The highest BCUT2D eigenvalue weighted by Gasteiger charge is 2.16. The number of H-pyrrole nitrogens is 1. The molecule has 0 saturated carbocycles. The lowest BCUT2D eigenvalue weighted by Gasteiger charge is -2.12. The van der Waals surface area contributed by atoms with Crippen LogP contribution in [0.2, 0.25) is 14.4 Å². The van der Waals surface area contributed by atoms with Gasteiger partial charge in [0.15, 0.2) is 11.0 Å². The normalized spacial score (nSPS) is 11.9. The molecule has 0 spiro atoms. The Balaban J connectivity index is 1.62. The summed E-state index contributed by atoms with van der Waals surface area (Å²) in [5.41, 5.74) is -0.102. The van der Waals surface area contributed by atoms with E-state index in [2.05, 4.69) is 20.3 Å². The summed E-state index contributed by atoms with van der Waals surface area (Å²) in [6.07, 6.45) is 0. The molecule has 1 atom stereocenters. The Morgan fingerprint density at radius 2 is 1.82 bits per heavy atom. The van der Waals surface area contributed by atoms with Crippen LogP contribution in [-0.2, 0) is 11.0 Å². The van der Waals surface area contributed by atoms with Gasteiger partial charge in [-0.2, -0.15) is 0 Å². The van der Waals surface area contributed by atoms with Crippen molar-refractivity contribution in [1.29, 1.82) is 0 Å². The number of fused-ring (bicyclic) bond motifs is 1. The summed E-state index contributed by atoms with van der Waals surface area (Å²) < 4.78 is 16.2. The van der Waals surface area contributed by atoms with E-state index in [1.54, 1.807) is 25.2 Å². The molecule has 0 aliphatic rings. The van der Waals surface area contributed by atoms with E-state index in [1.807, 2.05) is 0 Å². The first-order chi connectivity index (χ1) is 16.2. The Labute approximate surface area is 213 Å². The van der Waals surface area contributed by atoms with Crippen LogP contribution in [0, 0.1) is 0 Å². The number of carbonyl (C=O) groups excluding carboxylic acids is 1. The van der Waals surface area contributed by atoms with Gasteiger partial charge in [-0.1, -0.05) is 34.8 Å². The zero-order valence-electron chi connectivity index (χ0n) is 17.1. The third kappa shape index (κ3) is 4.84. The molecule has 1 unspecified atom stereocenters. The maximum Gasteiger partial charge on any atom is 0.333 e. The average molecular weight is 559 g/mol. The van der Waals surface area contributed by atoms with Crippen molar-refractivity contribution in [2.75, 3.05) is 17.7 Å². The van der Waals surface area contributed by atoms with Gasteiger partial charge in [-0.05, 0) is 42.5 Å². The molecule has 0 aliphatic carbocycles. The number of anilines is 2. The van der Waals surface area contributed by atoms with Crippen LogP contribution in [-0.4, -0.2) is 26.8 Å². The minimum Gasteiger partial charge on any atom is -0.387 e. The number of urea groups is 1. The Hall–Kier alpha value is -2.83. The van der Waals surface area contributed by atoms with Gasteiger partial charge in [0.2, 0.25) is 0 Å². The van der Waals surface area contributed by atoms with Crippen LogP contribution in [0.15, 0.2) is 56.3 Å². The Bertz CT molecular complexity index is 1580. The minimum absolute atomic E-state index is 0.0221. The topological polar surface area (TPSA) is 125 Å². The van der Waals surface area contributed by atoms with Gasteiger partial charge in [0, 0.05) is 12.7 Å². The number of hydrogen-bond acceptors (Lipinski definition) is 6. The fraction of sp³-hybridized carbons (Fsp3) is 0.0500. The first kappa shape index (κ1) is 24.3. The Morgan fingerprint density at radius 3 is 2.47 bits per heavy atom. The first-order valence-corrected chi connectivity index (χ1v) is 12.5. The van der Waals surface area contributed by atoms with Gasteiger partial charge in [-0.3, -0.25) is 9.52 Å². The number of aromatic nitrogens is 2. The van der Waals surface area contributed by atoms with Crippen molar-refractivity contribution in [1.82, 2.24) is 14.3 Å². The van der Waals surface area contributed by atoms with E-state index in [9.17, 15) is 18.6 Å². The second kappa shape index (κ2) is 9.80. The summed E-state index contributed by atoms with van der Waals surface area (Å²) in [6.45, 7) is 0. The van der Waals surface area contributed by atoms with Gasteiger partial charge in [0.05, 0.1) is 36.7 Å². The number of amides is 2. The number of halogens is 3. The van der Waals surface area contributed by atoms with Crippen LogP contribution in [0.5, 0.6) is 0 Å². The molecule has 4 aromatic rings. The smallest absolute Gasteiger partial charge is 0.333 e. The van der Waals surface area contributed by atoms with Crippen molar-refractivity contribution < 1.29 is 9.00 Å². The molecular formula is C20H14Cl3N5O4S2. The van der Waals surface area contributed by atoms with Crippen molar-refractivity contribution in [3.05, 3.63) is 77.7 Å². The van der Waals surface area contributed by atoms with E-state index in [-0.39, 0.29) is 21.8 Å². The second-order valence-electron chi connectivity index (χ2n) is 6.75. The molecule has 0 bridgehead atoms. The third-order valence-corrected chi connectivity index (χ3v) is 7.84. The number of nitrogens with one attached hydrogen (secondary N) is 4. The van der Waals surface area contributed by atoms with Gasteiger partial charge in [0.25, 0.3) is 5.56 Å². The summed E-state index contributed by atoms with van der Waals surface area (Å²) in [5, 5.41) is 5.90. The molecule has 2 heterocycles. The van der Waals surface area contributed by atoms with E-state index in [0.717, 1.165) is 15.9 Å². The summed E-state index contributed by atoms with van der Waals surface area (Å²) in [5.74, 6) is 0. The molecule has 0 fully saturated rings.